The minimum Gasteiger partial charge on any atom is -0.508 e. The molecule has 1 aliphatic rings. The van der Waals surface area contributed by atoms with Crippen LogP contribution in [0.5, 0.6) is 5.75 Å². The van der Waals surface area contributed by atoms with Gasteiger partial charge in [0.1, 0.15) is 17.6 Å². The molecule has 0 atom stereocenters. The Kier molecular flexibility index (Phi) is 3.68. The number of aromatic nitrogens is 4. The smallest absolute Gasteiger partial charge is 0.157 e. The van der Waals surface area contributed by atoms with Crippen LogP contribution in [0.25, 0.3) is 27.9 Å². The molecule has 3 heterocycles. The number of imidazole rings is 1. The van der Waals surface area contributed by atoms with Gasteiger partial charge in [-0.05, 0) is 37.1 Å². The molecule has 5 rings (SSSR count). The second kappa shape index (κ2) is 6.21. The summed E-state index contributed by atoms with van der Waals surface area (Å²) in [5.41, 5.74) is 10.5. The number of hydrogen-bond acceptors (Lipinski definition) is 6. The summed E-state index contributed by atoms with van der Waals surface area (Å²) in [6.45, 7) is 1.86. The van der Waals surface area contributed by atoms with Gasteiger partial charge in [-0.2, -0.15) is 0 Å². The van der Waals surface area contributed by atoms with Crippen molar-refractivity contribution in [2.24, 2.45) is 5.73 Å². The number of piperidine rings is 1. The summed E-state index contributed by atoms with van der Waals surface area (Å²) < 4.78 is 1.89. The number of anilines is 1. The van der Waals surface area contributed by atoms with Crippen LogP contribution in [-0.4, -0.2) is 43.8 Å². The van der Waals surface area contributed by atoms with Gasteiger partial charge < -0.3 is 15.7 Å². The van der Waals surface area contributed by atoms with Crippen LogP contribution in [-0.2, 0) is 0 Å². The molecular formula is C20H20N6O. The van der Waals surface area contributed by atoms with Gasteiger partial charge in [-0.1, -0.05) is 6.07 Å². The van der Waals surface area contributed by atoms with Crippen LogP contribution < -0.4 is 10.6 Å². The predicted octanol–water partition coefficient (Wildman–Crippen LogP) is 2.60. The van der Waals surface area contributed by atoms with Gasteiger partial charge in [-0.3, -0.25) is 9.55 Å². The van der Waals surface area contributed by atoms with E-state index in [-0.39, 0.29) is 11.8 Å². The first-order valence-corrected chi connectivity index (χ1v) is 9.12. The second-order valence-electron chi connectivity index (χ2n) is 6.99. The van der Waals surface area contributed by atoms with E-state index in [0.717, 1.165) is 53.7 Å². The van der Waals surface area contributed by atoms with Gasteiger partial charge in [0.25, 0.3) is 0 Å². The van der Waals surface area contributed by atoms with Crippen molar-refractivity contribution < 1.29 is 5.11 Å². The van der Waals surface area contributed by atoms with Gasteiger partial charge in [0, 0.05) is 25.2 Å². The summed E-state index contributed by atoms with van der Waals surface area (Å²) in [5, 5.41) is 9.66. The molecule has 0 aliphatic carbocycles. The number of para-hydroxylation sites is 1. The zero-order valence-corrected chi connectivity index (χ0v) is 14.8. The second-order valence-corrected chi connectivity index (χ2v) is 6.99. The zero-order valence-electron chi connectivity index (χ0n) is 14.8. The van der Waals surface area contributed by atoms with Gasteiger partial charge in [0.15, 0.2) is 5.82 Å². The van der Waals surface area contributed by atoms with E-state index in [0.29, 0.717) is 5.82 Å². The van der Waals surface area contributed by atoms with E-state index >= 15 is 0 Å². The quantitative estimate of drug-likeness (QED) is 0.571. The predicted molar refractivity (Wildman–Crippen MR) is 105 cm³/mol. The average Bonchev–Trinajstić information content (AvgIpc) is 3.11. The lowest BCUT2D eigenvalue weighted by Crippen LogP contribution is -2.39. The molecule has 136 valence electrons. The lowest BCUT2D eigenvalue weighted by Gasteiger charge is -2.32. The topological polar surface area (TPSA) is 93.1 Å². The number of nitrogens with two attached hydrogens (primary N) is 1. The van der Waals surface area contributed by atoms with Crippen molar-refractivity contribution in [2.45, 2.75) is 18.9 Å². The number of phenolic OH excluding ortho intramolecular Hbond substituents is 1. The minimum absolute atomic E-state index is 0.197. The first kappa shape index (κ1) is 16.0. The Bertz CT molecular complexity index is 1130. The molecule has 4 aromatic rings. The number of nitrogens with zero attached hydrogens (tertiary/aromatic N) is 5. The Morgan fingerprint density at radius 3 is 2.74 bits per heavy atom. The summed E-state index contributed by atoms with van der Waals surface area (Å²) in [7, 11) is 0. The van der Waals surface area contributed by atoms with Crippen molar-refractivity contribution in [2.75, 3.05) is 18.0 Å². The zero-order chi connectivity index (χ0) is 18.4. The van der Waals surface area contributed by atoms with Gasteiger partial charge in [0.05, 0.1) is 28.4 Å². The van der Waals surface area contributed by atoms with Crippen molar-refractivity contribution >= 4 is 27.8 Å². The molecular weight excluding hydrogens is 340 g/mol. The first-order chi connectivity index (χ1) is 13.2. The molecule has 1 fully saturated rings. The maximum Gasteiger partial charge on any atom is 0.157 e. The molecule has 1 aliphatic heterocycles. The van der Waals surface area contributed by atoms with Crippen LogP contribution >= 0.6 is 0 Å². The van der Waals surface area contributed by atoms with Crippen LogP contribution in [0.1, 0.15) is 12.8 Å². The lowest BCUT2D eigenvalue weighted by atomic mass is 10.1. The summed E-state index contributed by atoms with van der Waals surface area (Å²) in [6, 6.07) is 11.5. The van der Waals surface area contributed by atoms with Crippen LogP contribution in [0, 0.1) is 0 Å². The largest absolute Gasteiger partial charge is 0.508 e. The highest BCUT2D eigenvalue weighted by Gasteiger charge is 2.19. The van der Waals surface area contributed by atoms with Gasteiger partial charge >= 0.3 is 0 Å². The summed E-state index contributed by atoms with van der Waals surface area (Å²) in [6.07, 6.45) is 5.44. The molecule has 0 bridgehead atoms. The molecule has 3 N–H and O–H groups in total. The molecule has 27 heavy (non-hydrogen) atoms. The van der Waals surface area contributed by atoms with Crippen LogP contribution in [0.2, 0.25) is 0 Å². The van der Waals surface area contributed by atoms with Gasteiger partial charge in [-0.25, -0.2) is 9.97 Å². The number of phenols is 1. The van der Waals surface area contributed by atoms with Crippen molar-refractivity contribution in [3.63, 3.8) is 0 Å². The normalized spacial score (nSPS) is 15.7. The van der Waals surface area contributed by atoms with Gasteiger partial charge in [-0.15, -0.1) is 0 Å². The van der Waals surface area contributed by atoms with Crippen LogP contribution in [0.15, 0.2) is 48.9 Å². The fraction of sp³-hybridized carbons (Fsp3) is 0.250. The number of aromatic hydroxyl groups is 1. The fourth-order valence-corrected chi connectivity index (χ4v) is 3.70. The molecule has 7 heteroatoms. The third-order valence-corrected chi connectivity index (χ3v) is 5.20. The molecule has 0 saturated carbocycles. The van der Waals surface area contributed by atoms with Crippen molar-refractivity contribution in [3.8, 4) is 11.6 Å². The SMILES string of the molecule is NC1CCN(c2cccc3ncc(-n4cnc5cc(O)ccc54)nc23)CC1. The highest BCUT2D eigenvalue weighted by atomic mass is 16.3. The fourth-order valence-electron chi connectivity index (χ4n) is 3.70. The third kappa shape index (κ3) is 2.76. The van der Waals surface area contributed by atoms with Gasteiger partial charge in [0.2, 0.25) is 0 Å². The van der Waals surface area contributed by atoms with E-state index in [2.05, 4.69) is 20.9 Å². The third-order valence-electron chi connectivity index (χ3n) is 5.20. The van der Waals surface area contributed by atoms with Crippen molar-refractivity contribution in [1.82, 2.24) is 19.5 Å². The molecule has 7 nitrogen and oxygen atoms in total. The monoisotopic (exact) mass is 360 g/mol. The summed E-state index contributed by atoms with van der Waals surface area (Å²) >= 11 is 0. The van der Waals surface area contributed by atoms with E-state index in [1.807, 2.05) is 22.8 Å². The maximum atomic E-state index is 9.66. The molecule has 0 unspecified atom stereocenters. The standard InChI is InChI=1S/C20H20N6O/c21-13-6-8-25(9-7-13)18-3-1-2-15-20(18)24-19(11-22-15)26-12-23-16-10-14(27)4-5-17(16)26/h1-5,10-13,27H,6-9,21H2. The number of hydrogen-bond donors (Lipinski definition) is 2. The Balaban J connectivity index is 1.63. The summed E-state index contributed by atoms with van der Waals surface area (Å²) in [4.78, 5) is 16.2. The maximum absolute atomic E-state index is 9.66. The number of benzene rings is 2. The van der Waals surface area contributed by atoms with Crippen LogP contribution in [0.4, 0.5) is 5.69 Å². The highest BCUT2D eigenvalue weighted by Crippen LogP contribution is 2.28. The molecule has 1 saturated heterocycles. The van der Waals surface area contributed by atoms with Crippen molar-refractivity contribution in [1.29, 1.82) is 0 Å². The van der Waals surface area contributed by atoms with E-state index in [1.54, 1.807) is 24.7 Å². The Hall–Kier alpha value is -3.19. The van der Waals surface area contributed by atoms with E-state index in [1.165, 1.54) is 0 Å². The van der Waals surface area contributed by atoms with E-state index < -0.39 is 0 Å². The highest BCUT2D eigenvalue weighted by molar-refractivity contribution is 5.89. The number of fused-ring (bicyclic) bond motifs is 2. The van der Waals surface area contributed by atoms with Crippen molar-refractivity contribution in [3.05, 3.63) is 48.9 Å². The Morgan fingerprint density at radius 2 is 1.89 bits per heavy atom. The molecule has 0 spiro atoms. The van der Waals surface area contributed by atoms with Crippen LogP contribution in [0.3, 0.4) is 0 Å². The minimum atomic E-state index is 0.197. The van der Waals surface area contributed by atoms with E-state index in [4.69, 9.17) is 10.7 Å². The first-order valence-electron chi connectivity index (χ1n) is 9.12. The molecule has 2 aromatic carbocycles. The molecule has 0 radical (unpaired) electrons. The number of rotatable bonds is 2. The Morgan fingerprint density at radius 1 is 1.04 bits per heavy atom. The molecule has 2 aromatic heterocycles. The summed E-state index contributed by atoms with van der Waals surface area (Å²) in [5.74, 6) is 0.903. The average molecular weight is 360 g/mol. The molecule has 0 amide bonds. The van der Waals surface area contributed by atoms with E-state index in [9.17, 15) is 5.11 Å². The lowest BCUT2D eigenvalue weighted by molar-refractivity contribution is 0.476. The Labute approximate surface area is 156 Å².